The minimum Gasteiger partial charge on any atom is -0.491 e. The molecule has 0 amide bonds. The molecule has 2 rings (SSSR count). The molecule has 1 aromatic heterocycles. The second-order valence-corrected chi connectivity index (χ2v) is 4.48. The Morgan fingerprint density at radius 2 is 1.88 bits per heavy atom. The van der Waals surface area contributed by atoms with E-state index in [-0.39, 0.29) is 6.10 Å². The first-order valence-electron chi connectivity index (χ1n) is 4.92. The standard InChI is InChI=1S/C11H11ClN2OS/c1-7(2)15-9-5-3-8(4-6-9)10-11(12)14-16-13-10/h3-7H,1-2H3. The number of hydrogen-bond acceptors (Lipinski definition) is 4. The molecule has 84 valence electrons. The first kappa shape index (κ1) is 11.4. The zero-order chi connectivity index (χ0) is 11.5. The first-order valence-corrected chi connectivity index (χ1v) is 6.03. The average molecular weight is 255 g/mol. The van der Waals surface area contributed by atoms with Crippen LogP contribution in [0.15, 0.2) is 24.3 Å². The Bertz CT molecular complexity index is 467. The van der Waals surface area contributed by atoms with Gasteiger partial charge in [0.15, 0.2) is 5.15 Å². The maximum absolute atomic E-state index is 5.90. The molecule has 0 radical (unpaired) electrons. The smallest absolute Gasteiger partial charge is 0.170 e. The predicted octanol–water partition coefficient (Wildman–Crippen LogP) is 3.65. The molecule has 0 aliphatic rings. The summed E-state index contributed by atoms with van der Waals surface area (Å²) in [6.45, 7) is 3.99. The fourth-order valence-electron chi connectivity index (χ4n) is 1.31. The molecule has 0 atom stereocenters. The first-order chi connectivity index (χ1) is 7.66. The third kappa shape index (κ3) is 2.51. The summed E-state index contributed by atoms with van der Waals surface area (Å²) in [5.41, 5.74) is 1.68. The molecule has 0 N–H and O–H groups in total. The lowest BCUT2D eigenvalue weighted by atomic mass is 10.1. The van der Waals surface area contributed by atoms with Gasteiger partial charge in [0.2, 0.25) is 0 Å². The maximum Gasteiger partial charge on any atom is 0.170 e. The van der Waals surface area contributed by atoms with Gasteiger partial charge in [-0.25, -0.2) is 0 Å². The highest BCUT2D eigenvalue weighted by Crippen LogP contribution is 2.27. The minimum atomic E-state index is 0.176. The van der Waals surface area contributed by atoms with Gasteiger partial charge in [-0.15, -0.1) is 0 Å². The summed E-state index contributed by atoms with van der Waals surface area (Å²) in [6.07, 6.45) is 0.176. The molecule has 0 saturated heterocycles. The Morgan fingerprint density at radius 1 is 1.19 bits per heavy atom. The highest BCUT2D eigenvalue weighted by atomic mass is 35.5. The molecular weight excluding hydrogens is 244 g/mol. The van der Waals surface area contributed by atoms with Crippen molar-refractivity contribution in [3.63, 3.8) is 0 Å². The van der Waals surface area contributed by atoms with Crippen LogP contribution < -0.4 is 4.74 Å². The molecule has 0 bridgehead atoms. The molecule has 2 aromatic rings. The Labute approximate surface area is 103 Å². The Morgan fingerprint density at radius 3 is 2.38 bits per heavy atom. The van der Waals surface area contributed by atoms with Crippen LogP contribution in [0.3, 0.4) is 0 Å². The third-order valence-corrected chi connectivity index (χ3v) is 2.84. The molecule has 3 nitrogen and oxygen atoms in total. The molecule has 0 unspecified atom stereocenters. The monoisotopic (exact) mass is 254 g/mol. The van der Waals surface area contributed by atoms with Gasteiger partial charge >= 0.3 is 0 Å². The Balaban J connectivity index is 2.23. The summed E-state index contributed by atoms with van der Waals surface area (Å²) in [4.78, 5) is 0. The Hall–Kier alpha value is -1.13. The summed E-state index contributed by atoms with van der Waals surface area (Å²) >= 11 is 7.02. The van der Waals surface area contributed by atoms with Crippen molar-refractivity contribution in [1.82, 2.24) is 8.75 Å². The van der Waals surface area contributed by atoms with Gasteiger partial charge in [-0.05, 0) is 38.1 Å². The van der Waals surface area contributed by atoms with E-state index in [9.17, 15) is 0 Å². The summed E-state index contributed by atoms with van der Waals surface area (Å²) < 4.78 is 13.6. The maximum atomic E-state index is 5.90. The van der Waals surface area contributed by atoms with Gasteiger partial charge in [-0.3, -0.25) is 0 Å². The predicted molar refractivity (Wildman–Crippen MR) is 66.1 cm³/mol. The number of rotatable bonds is 3. The van der Waals surface area contributed by atoms with Crippen LogP contribution in [0.2, 0.25) is 5.15 Å². The average Bonchev–Trinajstić information content (AvgIpc) is 2.65. The fraction of sp³-hybridized carbons (Fsp3) is 0.273. The molecule has 1 heterocycles. The molecule has 16 heavy (non-hydrogen) atoms. The zero-order valence-corrected chi connectivity index (χ0v) is 10.5. The van der Waals surface area contributed by atoms with Gasteiger partial charge in [0, 0.05) is 5.56 Å². The summed E-state index contributed by atoms with van der Waals surface area (Å²) in [5.74, 6) is 0.845. The van der Waals surface area contributed by atoms with Crippen LogP contribution in [0.5, 0.6) is 5.75 Å². The van der Waals surface area contributed by atoms with Gasteiger partial charge < -0.3 is 4.74 Å². The van der Waals surface area contributed by atoms with Crippen LogP contribution in [-0.4, -0.2) is 14.9 Å². The topological polar surface area (TPSA) is 35.0 Å². The lowest BCUT2D eigenvalue weighted by Crippen LogP contribution is -2.05. The summed E-state index contributed by atoms with van der Waals surface area (Å²) in [6, 6.07) is 7.68. The van der Waals surface area contributed by atoms with Crippen molar-refractivity contribution in [3.8, 4) is 17.0 Å². The largest absolute Gasteiger partial charge is 0.491 e. The van der Waals surface area contributed by atoms with E-state index in [2.05, 4.69) is 8.75 Å². The second kappa shape index (κ2) is 4.80. The summed E-state index contributed by atoms with van der Waals surface area (Å²) in [7, 11) is 0. The van der Waals surface area contributed by atoms with E-state index in [1.165, 1.54) is 0 Å². The number of ether oxygens (including phenoxy) is 1. The van der Waals surface area contributed by atoms with Gasteiger partial charge in [-0.1, -0.05) is 11.6 Å². The minimum absolute atomic E-state index is 0.176. The molecule has 0 aliphatic heterocycles. The number of nitrogens with zero attached hydrogens (tertiary/aromatic N) is 2. The van der Waals surface area contributed by atoms with E-state index in [1.807, 2.05) is 38.1 Å². The molecule has 1 aromatic carbocycles. The van der Waals surface area contributed by atoms with Gasteiger partial charge in [0.1, 0.15) is 11.4 Å². The van der Waals surface area contributed by atoms with Crippen molar-refractivity contribution >= 4 is 23.3 Å². The van der Waals surface area contributed by atoms with Crippen molar-refractivity contribution < 1.29 is 4.74 Å². The Kier molecular flexibility index (Phi) is 3.41. The highest BCUT2D eigenvalue weighted by molar-refractivity contribution is 6.99. The van der Waals surface area contributed by atoms with Crippen LogP contribution in [0.4, 0.5) is 0 Å². The highest BCUT2D eigenvalue weighted by Gasteiger charge is 2.08. The number of aromatic nitrogens is 2. The fourth-order valence-corrected chi connectivity index (χ4v) is 2.08. The van der Waals surface area contributed by atoms with Crippen molar-refractivity contribution in [2.24, 2.45) is 0 Å². The van der Waals surface area contributed by atoms with Crippen LogP contribution in [0.1, 0.15) is 13.8 Å². The second-order valence-electron chi connectivity index (χ2n) is 3.59. The lowest BCUT2D eigenvalue weighted by molar-refractivity contribution is 0.242. The van der Waals surface area contributed by atoms with Crippen LogP contribution in [0.25, 0.3) is 11.3 Å². The molecular formula is C11H11ClN2OS. The third-order valence-electron chi connectivity index (χ3n) is 1.95. The molecule has 5 heteroatoms. The van der Waals surface area contributed by atoms with Crippen molar-refractivity contribution in [2.45, 2.75) is 20.0 Å². The van der Waals surface area contributed by atoms with Crippen LogP contribution in [-0.2, 0) is 0 Å². The van der Waals surface area contributed by atoms with Crippen LogP contribution in [0, 0.1) is 0 Å². The van der Waals surface area contributed by atoms with Gasteiger partial charge in [0.25, 0.3) is 0 Å². The van der Waals surface area contributed by atoms with Crippen LogP contribution >= 0.6 is 23.3 Å². The number of benzene rings is 1. The SMILES string of the molecule is CC(C)Oc1ccc(-c2nsnc2Cl)cc1. The van der Waals surface area contributed by atoms with E-state index in [1.54, 1.807) is 0 Å². The van der Waals surface area contributed by atoms with E-state index >= 15 is 0 Å². The van der Waals surface area contributed by atoms with E-state index in [4.69, 9.17) is 16.3 Å². The van der Waals surface area contributed by atoms with Crippen molar-refractivity contribution in [1.29, 1.82) is 0 Å². The lowest BCUT2D eigenvalue weighted by Gasteiger charge is -2.09. The van der Waals surface area contributed by atoms with Crippen molar-refractivity contribution in [2.75, 3.05) is 0 Å². The van der Waals surface area contributed by atoms with E-state index in [0.29, 0.717) is 5.15 Å². The zero-order valence-electron chi connectivity index (χ0n) is 8.98. The van der Waals surface area contributed by atoms with Gasteiger partial charge in [-0.2, -0.15) is 8.75 Å². The molecule has 0 aliphatic carbocycles. The van der Waals surface area contributed by atoms with Crippen molar-refractivity contribution in [3.05, 3.63) is 29.4 Å². The van der Waals surface area contributed by atoms with E-state index in [0.717, 1.165) is 28.7 Å². The molecule has 0 saturated carbocycles. The summed E-state index contributed by atoms with van der Waals surface area (Å²) in [5, 5.41) is 0.447. The normalized spacial score (nSPS) is 10.8. The number of hydrogen-bond donors (Lipinski definition) is 0. The molecule has 0 fully saturated rings. The van der Waals surface area contributed by atoms with E-state index < -0.39 is 0 Å². The number of halogens is 1. The van der Waals surface area contributed by atoms with Gasteiger partial charge in [0.05, 0.1) is 17.8 Å². The quantitative estimate of drug-likeness (QED) is 0.839. The molecule has 0 spiro atoms.